The van der Waals surface area contributed by atoms with Crippen LogP contribution in [-0.4, -0.2) is 33.1 Å². The molecule has 0 radical (unpaired) electrons. The Bertz CT molecular complexity index is 619. The molecule has 0 amide bonds. The smallest absolute Gasteiger partial charge is 0.130 e. The van der Waals surface area contributed by atoms with E-state index in [1.165, 1.54) is 5.57 Å². The van der Waals surface area contributed by atoms with Gasteiger partial charge in [0.1, 0.15) is 5.60 Å². The molecule has 4 rings (SSSR count). The molecule has 132 valence electrons. The standard InChI is InChI=1S/C21H30O3/c1-4-21(24)10-8-16-15-6-5-13-11-14(22)7-9-19(13,2)18(15)17(23)12-20(16,21)3/h1,5,14-18,22-24H,6-12H2,2-3H3/t14-,15+,16+,17+,18-,19+,20+,21+/m1/s1. The van der Waals surface area contributed by atoms with Gasteiger partial charge >= 0.3 is 0 Å². The fourth-order valence-electron chi connectivity index (χ4n) is 7.02. The summed E-state index contributed by atoms with van der Waals surface area (Å²) in [5.74, 6) is 3.64. The highest BCUT2D eigenvalue weighted by atomic mass is 16.3. The number of hydrogen-bond acceptors (Lipinski definition) is 3. The summed E-state index contributed by atoms with van der Waals surface area (Å²) in [7, 11) is 0. The Hall–Kier alpha value is -0.820. The van der Waals surface area contributed by atoms with Crippen molar-refractivity contribution in [2.45, 2.75) is 76.6 Å². The van der Waals surface area contributed by atoms with Crippen LogP contribution in [0.2, 0.25) is 0 Å². The summed E-state index contributed by atoms with van der Waals surface area (Å²) in [5, 5.41) is 32.2. The van der Waals surface area contributed by atoms with E-state index in [1.807, 2.05) is 0 Å². The minimum Gasteiger partial charge on any atom is -0.393 e. The van der Waals surface area contributed by atoms with Crippen molar-refractivity contribution in [2.75, 3.05) is 0 Å². The van der Waals surface area contributed by atoms with E-state index in [9.17, 15) is 15.3 Å². The fourth-order valence-corrected chi connectivity index (χ4v) is 7.02. The molecule has 0 unspecified atom stereocenters. The maximum absolute atomic E-state index is 11.1. The number of allylic oxidation sites excluding steroid dienone is 1. The van der Waals surface area contributed by atoms with Crippen LogP contribution in [-0.2, 0) is 0 Å². The first-order chi connectivity index (χ1) is 11.2. The molecule has 3 N–H and O–H groups in total. The molecule has 0 aliphatic heterocycles. The third kappa shape index (κ3) is 1.91. The summed E-state index contributed by atoms with van der Waals surface area (Å²) < 4.78 is 0. The van der Waals surface area contributed by atoms with Crippen molar-refractivity contribution in [1.82, 2.24) is 0 Å². The van der Waals surface area contributed by atoms with Gasteiger partial charge in [-0.15, -0.1) is 6.42 Å². The third-order valence-electron chi connectivity index (χ3n) is 8.40. The largest absolute Gasteiger partial charge is 0.393 e. The van der Waals surface area contributed by atoms with Crippen LogP contribution in [0.4, 0.5) is 0 Å². The number of aliphatic hydroxyl groups is 3. The second-order valence-electron chi connectivity index (χ2n) is 9.31. The monoisotopic (exact) mass is 330 g/mol. The Morgan fingerprint density at radius 3 is 2.67 bits per heavy atom. The molecule has 3 fully saturated rings. The van der Waals surface area contributed by atoms with Crippen molar-refractivity contribution < 1.29 is 15.3 Å². The molecule has 0 saturated heterocycles. The molecular formula is C21H30O3. The summed E-state index contributed by atoms with van der Waals surface area (Å²) in [5.41, 5.74) is -0.148. The van der Waals surface area contributed by atoms with Crippen LogP contribution >= 0.6 is 0 Å². The van der Waals surface area contributed by atoms with E-state index >= 15 is 0 Å². The van der Waals surface area contributed by atoms with Crippen LogP contribution in [0, 0.1) is 40.9 Å². The van der Waals surface area contributed by atoms with E-state index in [0.29, 0.717) is 24.7 Å². The summed E-state index contributed by atoms with van der Waals surface area (Å²) in [6, 6.07) is 0. The number of rotatable bonds is 0. The Kier molecular flexibility index (Phi) is 3.53. The lowest BCUT2D eigenvalue weighted by atomic mass is 9.46. The number of fused-ring (bicyclic) bond motifs is 5. The zero-order chi connectivity index (χ0) is 17.3. The lowest BCUT2D eigenvalue weighted by Crippen LogP contribution is -2.59. The summed E-state index contributed by atoms with van der Waals surface area (Å²) in [6.07, 6.45) is 13.0. The van der Waals surface area contributed by atoms with Crippen LogP contribution in [0.15, 0.2) is 11.6 Å². The van der Waals surface area contributed by atoms with Crippen molar-refractivity contribution in [3.8, 4) is 12.3 Å². The van der Waals surface area contributed by atoms with Gasteiger partial charge in [-0.05, 0) is 68.1 Å². The van der Waals surface area contributed by atoms with Crippen molar-refractivity contribution in [3.63, 3.8) is 0 Å². The lowest BCUT2D eigenvalue weighted by molar-refractivity contribution is -0.151. The maximum Gasteiger partial charge on any atom is 0.130 e. The highest BCUT2D eigenvalue weighted by Crippen LogP contribution is 2.66. The molecule has 3 saturated carbocycles. The number of aliphatic hydroxyl groups excluding tert-OH is 2. The van der Waals surface area contributed by atoms with E-state index in [0.717, 1.165) is 32.1 Å². The topological polar surface area (TPSA) is 60.7 Å². The molecule has 0 heterocycles. The van der Waals surface area contributed by atoms with Crippen LogP contribution in [0.3, 0.4) is 0 Å². The average Bonchev–Trinajstić information content (AvgIpc) is 2.79. The van der Waals surface area contributed by atoms with Crippen molar-refractivity contribution in [3.05, 3.63) is 11.6 Å². The Labute approximate surface area is 145 Å². The van der Waals surface area contributed by atoms with Crippen LogP contribution in [0.25, 0.3) is 0 Å². The fraction of sp³-hybridized carbons (Fsp3) is 0.810. The molecule has 0 aromatic heterocycles. The zero-order valence-corrected chi connectivity index (χ0v) is 14.8. The Balaban J connectivity index is 1.75. The molecule has 8 atom stereocenters. The first kappa shape index (κ1) is 16.6. The molecular weight excluding hydrogens is 300 g/mol. The van der Waals surface area contributed by atoms with Crippen molar-refractivity contribution >= 4 is 0 Å². The second-order valence-corrected chi connectivity index (χ2v) is 9.31. The highest BCUT2D eigenvalue weighted by Gasteiger charge is 2.65. The van der Waals surface area contributed by atoms with Crippen LogP contribution < -0.4 is 0 Å². The van der Waals surface area contributed by atoms with Gasteiger partial charge < -0.3 is 15.3 Å². The number of hydrogen-bond donors (Lipinski definition) is 3. The van der Waals surface area contributed by atoms with Gasteiger partial charge in [0.2, 0.25) is 0 Å². The van der Waals surface area contributed by atoms with E-state index in [2.05, 4.69) is 25.8 Å². The van der Waals surface area contributed by atoms with E-state index in [4.69, 9.17) is 6.42 Å². The summed E-state index contributed by atoms with van der Waals surface area (Å²) in [6.45, 7) is 4.38. The van der Waals surface area contributed by atoms with Crippen LogP contribution in [0.5, 0.6) is 0 Å². The molecule has 0 aromatic rings. The van der Waals surface area contributed by atoms with Gasteiger partial charge in [-0.3, -0.25) is 0 Å². The van der Waals surface area contributed by atoms with E-state index in [-0.39, 0.29) is 17.4 Å². The van der Waals surface area contributed by atoms with Gasteiger partial charge in [0, 0.05) is 5.41 Å². The highest BCUT2D eigenvalue weighted by molar-refractivity contribution is 5.30. The first-order valence-electron chi connectivity index (χ1n) is 9.51. The average molecular weight is 330 g/mol. The SMILES string of the molecule is C#C[C@]1(O)CC[C@H]2[C@@H]3CC=C4C[C@H](O)CC[C@]4(C)[C@H]3[C@@H](O)C[C@@]21C. The Morgan fingerprint density at radius 1 is 1.21 bits per heavy atom. The zero-order valence-electron chi connectivity index (χ0n) is 14.8. The van der Waals surface area contributed by atoms with E-state index in [1.54, 1.807) is 0 Å². The molecule has 0 spiro atoms. The van der Waals surface area contributed by atoms with Gasteiger partial charge in [0.25, 0.3) is 0 Å². The predicted octanol–water partition coefficient (Wildman–Crippen LogP) is 2.65. The van der Waals surface area contributed by atoms with Gasteiger partial charge in [0.15, 0.2) is 0 Å². The third-order valence-corrected chi connectivity index (χ3v) is 8.40. The molecule has 4 aliphatic carbocycles. The summed E-state index contributed by atoms with van der Waals surface area (Å²) in [4.78, 5) is 0. The molecule has 3 nitrogen and oxygen atoms in total. The lowest BCUT2D eigenvalue weighted by Gasteiger charge is -2.60. The maximum atomic E-state index is 11.1. The van der Waals surface area contributed by atoms with Crippen LogP contribution in [0.1, 0.15) is 58.8 Å². The number of terminal acetylenes is 1. The quantitative estimate of drug-likeness (QED) is 0.473. The predicted molar refractivity (Wildman–Crippen MR) is 92.9 cm³/mol. The molecule has 0 bridgehead atoms. The van der Waals surface area contributed by atoms with Crippen molar-refractivity contribution in [2.24, 2.45) is 28.6 Å². The van der Waals surface area contributed by atoms with Gasteiger partial charge in [-0.25, -0.2) is 0 Å². The minimum atomic E-state index is -1.09. The second kappa shape index (κ2) is 5.10. The molecule has 0 aromatic carbocycles. The summed E-state index contributed by atoms with van der Waals surface area (Å²) >= 11 is 0. The normalized spacial score (nSPS) is 56.5. The molecule has 24 heavy (non-hydrogen) atoms. The van der Waals surface area contributed by atoms with E-state index < -0.39 is 17.1 Å². The molecule has 3 heteroatoms. The van der Waals surface area contributed by atoms with Crippen molar-refractivity contribution in [1.29, 1.82) is 0 Å². The van der Waals surface area contributed by atoms with Gasteiger partial charge in [-0.1, -0.05) is 31.4 Å². The molecule has 4 aliphatic rings. The minimum absolute atomic E-state index is 0.0141. The first-order valence-corrected chi connectivity index (χ1v) is 9.51. The van der Waals surface area contributed by atoms with Gasteiger partial charge in [-0.2, -0.15) is 0 Å². The Morgan fingerprint density at radius 2 is 1.96 bits per heavy atom. The van der Waals surface area contributed by atoms with Gasteiger partial charge in [0.05, 0.1) is 12.2 Å².